The van der Waals surface area contributed by atoms with Crippen molar-refractivity contribution in [3.63, 3.8) is 0 Å². The quantitative estimate of drug-likeness (QED) is 0.534. The van der Waals surface area contributed by atoms with Crippen LogP contribution in [0.3, 0.4) is 0 Å². The lowest BCUT2D eigenvalue weighted by atomic mass is 10.1. The van der Waals surface area contributed by atoms with Gasteiger partial charge in [-0.3, -0.25) is 9.80 Å². The highest BCUT2D eigenvalue weighted by atomic mass is 35.5. The van der Waals surface area contributed by atoms with Crippen LogP contribution < -0.4 is 14.5 Å². The van der Waals surface area contributed by atoms with E-state index in [4.69, 9.17) is 16.3 Å². The first-order chi connectivity index (χ1) is 14.9. The van der Waals surface area contributed by atoms with E-state index in [0.717, 1.165) is 0 Å². The van der Waals surface area contributed by atoms with Gasteiger partial charge in [0.1, 0.15) is 11.5 Å². The standard InChI is InChI=1S/C23H19ClN2O4S/c24-16-6-8-17(9-7-16)25-21-14-31(28,29)15-22(21)26(23(25)27)18-10-12-20(13-11-18)30-19-4-2-1-3-5-19/h1-13,21-22H,14-15H2. The maximum Gasteiger partial charge on any atom is 0.329 e. The number of sulfone groups is 1. The van der Waals surface area contributed by atoms with E-state index in [0.29, 0.717) is 27.9 Å². The van der Waals surface area contributed by atoms with Crippen LogP contribution >= 0.6 is 11.6 Å². The van der Waals surface area contributed by atoms with Gasteiger partial charge in [0, 0.05) is 16.4 Å². The summed E-state index contributed by atoms with van der Waals surface area (Å²) in [5.74, 6) is 1.23. The maximum absolute atomic E-state index is 13.4. The number of nitrogens with zero attached hydrogens (tertiary/aromatic N) is 2. The number of carbonyl (C=O) groups is 1. The van der Waals surface area contributed by atoms with Crippen LogP contribution in [-0.4, -0.2) is 38.0 Å². The molecule has 2 atom stereocenters. The average molecular weight is 455 g/mol. The summed E-state index contributed by atoms with van der Waals surface area (Å²) < 4.78 is 30.6. The number of anilines is 2. The van der Waals surface area contributed by atoms with Gasteiger partial charge in [-0.15, -0.1) is 0 Å². The van der Waals surface area contributed by atoms with Crippen molar-refractivity contribution < 1.29 is 17.9 Å². The van der Waals surface area contributed by atoms with Crippen molar-refractivity contribution in [2.75, 3.05) is 21.3 Å². The van der Waals surface area contributed by atoms with Gasteiger partial charge in [0.15, 0.2) is 9.84 Å². The van der Waals surface area contributed by atoms with Gasteiger partial charge in [-0.05, 0) is 60.7 Å². The van der Waals surface area contributed by atoms with Crippen molar-refractivity contribution in [2.24, 2.45) is 0 Å². The molecular weight excluding hydrogens is 436 g/mol. The number of halogens is 1. The van der Waals surface area contributed by atoms with Crippen LogP contribution in [0.2, 0.25) is 5.02 Å². The molecule has 6 nitrogen and oxygen atoms in total. The molecule has 2 amide bonds. The lowest BCUT2D eigenvalue weighted by molar-refractivity contribution is 0.255. The number of fused-ring (bicyclic) bond motifs is 1. The molecule has 3 aromatic carbocycles. The number of benzene rings is 3. The number of rotatable bonds is 4. The zero-order valence-electron chi connectivity index (χ0n) is 16.4. The Kier molecular flexibility index (Phi) is 4.87. The Morgan fingerprint density at radius 1 is 0.742 bits per heavy atom. The number of para-hydroxylation sites is 1. The van der Waals surface area contributed by atoms with Crippen LogP contribution in [0.15, 0.2) is 78.9 Å². The van der Waals surface area contributed by atoms with Crippen molar-refractivity contribution in [1.82, 2.24) is 0 Å². The fourth-order valence-electron chi connectivity index (χ4n) is 4.21. The molecule has 0 radical (unpaired) electrons. The number of hydrogen-bond acceptors (Lipinski definition) is 4. The van der Waals surface area contributed by atoms with Gasteiger partial charge < -0.3 is 4.74 Å². The highest BCUT2D eigenvalue weighted by Crippen LogP contribution is 2.38. The van der Waals surface area contributed by atoms with Crippen molar-refractivity contribution in [1.29, 1.82) is 0 Å². The molecular formula is C23H19ClN2O4S. The third-order valence-corrected chi connectivity index (χ3v) is 7.52. The Morgan fingerprint density at radius 2 is 1.23 bits per heavy atom. The molecule has 0 aromatic heterocycles. The lowest BCUT2D eigenvalue weighted by Gasteiger charge is -2.23. The molecule has 0 spiro atoms. The van der Waals surface area contributed by atoms with Gasteiger partial charge in [-0.2, -0.15) is 0 Å². The van der Waals surface area contributed by atoms with Crippen molar-refractivity contribution in [2.45, 2.75) is 12.1 Å². The molecule has 8 heteroatoms. The largest absolute Gasteiger partial charge is 0.457 e. The highest BCUT2D eigenvalue weighted by molar-refractivity contribution is 7.91. The van der Waals surface area contributed by atoms with Gasteiger partial charge >= 0.3 is 6.03 Å². The Hall–Kier alpha value is -3.03. The molecule has 2 aliphatic rings. The second-order valence-electron chi connectivity index (χ2n) is 7.62. The molecule has 0 bridgehead atoms. The van der Waals surface area contributed by atoms with E-state index in [1.165, 1.54) is 0 Å². The van der Waals surface area contributed by atoms with Gasteiger partial charge in [-0.1, -0.05) is 29.8 Å². The van der Waals surface area contributed by atoms with Crippen LogP contribution in [0.4, 0.5) is 16.2 Å². The highest BCUT2D eigenvalue weighted by Gasteiger charge is 2.54. The van der Waals surface area contributed by atoms with E-state index < -0.39 is 21.9 Å². The van der Waals surface area contributed by atoms with E-state index in [-0.39, 0.29) is 17.5 Å². The molecule has 2 unspecified atom stereocenters. The first-order valence-corrected chi connectivity index (χ1v) is 12.0. The van der Waals surface area contributed by atoms with Crippen molar-refractivity contribution in [3.05, 3.63) is 83.9 Å². The van der Waals surface area contributed by atoms with E-state index in [1.807, 2.05) is 30.3 Å². The monoisotopic (exact) mass is 454 g/mol. The van der Waals surface area contributed by atoms with E-state index in [9.17, 15) is 13.2 Å². The molecule has 5 rings (SSSR count). The molecule has 0 aliphatic carbocycles. The van der Waals surface area contributed by atoms with Crippen LogP contribution in [-0.2, 0) is 9.84 Å². The first-order valence-electron chi connectivity index (χ1n) is 9.83. The van der Waals surface area contributed by atoms with E-state index in [2.05, 4.69) is 0 Å². The fourth-order valence-corrected chi connectivity index (χ4v) is 6.25. The van der Waals surface area contributed by atoms with Gasteiger partial charge in [0.05, 0.1) is 23.6 Å². The molecule has 2 fully saturated rings. The number of ether oxygens (including phenoxy) is 1. The Labute approximate surface area is 185 Å². The zero-order valence-corrected chi connectivity index (χ0v) is 18.0. The summed E-state index contributed by atoms with van der Waals surface area (Å²) in [6.07, 6.45) is 0. The SMILES string of the molecule is O=C1N(c2ccc(Cl)cc2)C2CS(=O)(=O)CC2N1c1ccc(Oc2ccccc2)cc1. The molecule has 3 aromatic rings. The molecule has 0 N–H and O–H groups in total. The molecule has 2 aliphatic heterocycles. The van der Waals surface area contributed by atoms with Crippen LogP contribution in [0.1, 0.15) is 0 Å². The summed E-state index contributed by atoms with van der Waals surface area (Å²) in [4.78, 5) is 16.5. The van der Waals surface area contributed by atoms with Crippen LogP contribution in [0.25, 0.3) is 0 Å². The van der Waals surface area contributed by atoms with Crippen molar-refractivity contribution in [3.8, 4) is 11.5 Å². The predicted octanol–water partition coefficient (Wildman–Crippen LogP) is 4.74. The Balaban J connectivity index is 1.46. The Morgan fingerprint density at radius 3 is 1.77 bits per heavy atom. The summed E-state index contributed by atoms with van der Waals surface area (Å²) in [7, 11) is -3.25. The summed E-state index contributed by atoms with van der Waals surface area (Å²) in [5.41, 5.74) is 1.27. The first kappa shape index (κ1) is 19.9. The zero-order chi connectivity index (χ0) is 21.6. The van der Waals surface area contributed by atoms with Gasteiger partial charge in [-0.25, -0.2) is 13.2 Å². The number of carbonyl (C=O) groups excluding carboxylic acids is 1. The minimum Gasteiger partial charge on any atom is -0.457 e. The smallest absolute Gasteiger partial charge is 0.329 e. The Bertz CT molecular complexity index is 1210. The minimum atomic E-state index is -3.25. The summed E-state index contributed by atoms with van der Waals surface area (Å²) in [5, 5.41) is 0.553. The summed E-state index contributed by atoms with van der Waals surface area (Å²) in [6.45, 7) is 0. The minimum absolute atomic E-state index is 0.0578. The second-order valence-corrected chi connectivity index (χ2v) is 10.2. The third-order valence-electron chi connectivity index (χ3n) is 5.57. The molecule has 31 heavy (non-hydrogen) atoms. The van der Waals surface area contributed by atoms with E-state index >= 15 is 0 Å². The normalized spacial score (nSPS) is 21.9. The number of urea groups is 1. The third kappa shape index (κ3) is 3.75. The summed E-state index contributed by atoms with van der Waals surface area (Å²) in [6, 6.07) is 22.2. The topological polar surface area (TPSA) is 66.9 Å². The predicted molar refractivity (Wildman–Crippen MR) is 121 cm³/mol. The van der Waals surface area contributed by atoms with Crippen molar-refractivity contribution >= 4 is 38.8 Å². The van der Waals surface area contributed by atoms with Gasteiger partial charge in [0.2, 0.25) is 0 Å². The van der Waals surface area contributed by atoms with Crippen LogP contribution in [0, 0.1) is 0 Å². The molecule has 158 valence electrons. The molecule has 0 saturated carbocycles. The van der Waals surface area contributed by atoms with Crippen LogP contribution in [0.5, 0.6) is 11.5 Å². The second kappa shape index (κ2) is 7.59. The van der Waals surface area contributed by atoms with E-state index in [1.54, 1.807) is 58.3 Å². The number of hydrogen-bond donors (Lipinski definition) is 0. The lowest BCUT2D eigenvalue weighted by Crippen LogP contribution is -2.37. The van der Waals surface area contributed by atoms with Gasteiger partial charge in [0.25, 0.3) is 0 Å². The fraction of sp³-hybridized carbons (Fsp3) is 0.174. The maximum atomic E-state index is 13.4. The summed E-state index contributed by atoms with van der Waals surface area (Å²) >= 11 is 5.99. The average Bonchev–Trinajstić information content (AvgIpc) is 3.19. The number of amides is 2. The molecule has 2 saturated heterocycles. The molecule has 2 heterocycles.